The molecule has 4 aliphatic rings. The van der Waals surface area contributed by atoms with Crippen LogP contribution in [0.5, 0.6) is 0 Å². The Morgan fingerprint density at radius 1 is 0.826 bits per heavy atom. The lowest BCUT2D eigenvalue weighted by Crippen LogP contribution is -2.59. The first-order chi connectivity index (χ1) is 10.8. The maximum Gasteiger partial charge on any atom is 0.0699 e. The van der Waals surface area contributed by atoms with Crippen molar-refractivity contribution in [2.24, 2.45) is 40.2 Å². The number of hydrogen-bond acceptors (Lipinski definition) is 4. The molecule has 0 spiro atoms. The highest BCUT2D eigenvalue weighted by Gasteiger charge is 2.63. The molecule has 4 nitrogen and oxygen atoms in total. The minimum absolute atomic E-state index is 0.0288. The van der Waals surface area contributed by atoms with Gasteiger partial charge >= 0.3 is 0 Å². The first kappa shape index (κ1) is 16.3. The van der Waals surface area contributed by atoms with E-state index in [1.54, 1.807) is 0 Å². The molecule has 0 aliphatic heterocycles. The van der Waals surface area contributed by atoms with Crippen molar-refractivity contribution in [3.05, 3.63) is 0 Å². The standard InChI is InChI=1S/C19H33NO3/c1-18-5-3-11(21)7-10(18)8-14(22)16-12(18)4-6-19(2)13(16)9-15(23)17(19)20/h10-17,21-23H,3-9,20H2,1-2H3/t10-,11+,12-,13-,14-,15-,16+,17+,18-,19-/m0/s1. The van der Waals surface area contributed by atoms with Gasteiger partial charge in [0.25, 0.3) is 0 Å². The summed E-state index contributed by atoms with van der Waals surface area (Å²) in [6.45, 7) is 4.64. The molecule has 0 saturated heterocycles. The van der Waals surface area contributed by atoms with Gasteiger partial charge in [0, 0.05) is 6.04 Å². The molecule has 132 valence electrons. The van der Waals surface area contributed by atoms with Crippen LogP contribution in [-0.4, -0.2) is 39.7 Å². The highest BCUT2D eigenvalue weighted by Crippen LogP contribution is 2.65. The van der Waals surface area contributed by atoms with Gasteiger partial charge < -0.3 is 21.1 Å². The summed E-state index contributed by atoms with van der Waals surface area (Å²) in [6.07, 6.45) is 5.65. The number of aliphatic hydroxyl groups excluding tert-OH is 3. The number of fused-ring (bicyclic) bond motifs is 5. The molecular formula is C19H33NO3. The SMILES string of the molecule is C[C@]12CC[C@@H](O)C[C@H]1C[C@H](O)[C@@H]1[C@@H]2CC[C@]2(C)[C@H](N)[C@@H](O)C[C@@H]12. The summed E-state index contributed by atoms with van der Waals surface area (Å²) in [7, 11) is 0. The summed E-state index contributed by atoms with van der Waals surface area (Å²) in [5.41, 5.74) is 6.56. The molecule has 0 amide bonds. The van der Waals surface area contributed by atoms with Crippen molar-refractivity contribution >= 4 is 0 Å². The third-order valence-electron chi connectivity index (χ3n) is 8.76. The smallest absolute Gasteiger partial charge is 0.0699 e. The second-order valence-corrected chi connectivity index (χ2v) is 9.60. The predicted octanol–water partition coefficient (Wildman–Crippen LogP) is 1.66. The van der Waals surface area contributed by atoms with Crippen molar-refractivity contribution < 1.29 is 15.3 Å². The van der Waals surface area contributed by atoms with Crippen LogP contribution in [0.25, 0.3) is 0 Å². The van der Waals surface area contributed by atoms with E-state index in [0.717, 1.165) is 44.9 Å². The molecule has 10 atom stereocenters. The number of rotatable bonds is 0. The van der Waals surface area contributed by atoms with E-state index in [1.165, 1.54) is 0 Å². The van der Waals surface area contributed by atoms with Gasteiger partial charge in [0.05, 0.1) is 18.3 Å². The number of nitrogens with two attached hydrogens (primary N) is 1. The zero-order chi connectivity index (χ0) is 16.6. The quantitative estimate of drug-likeness (QED) is 0.546. The van der Waals surface area contributed by atoms with Gasteiger partial charge in [-0.2, -0.15) is 0 Å². The fraction of sp³-hybridized carbons (Fsp3) is 1.00. The molecule has 0 heterocycles. The zero-order valence-corrected chi connectivity index (χ0v) is 14.5. The van der Waals surface area contributed by atoms with Crippen molar-refractivity contribution in [2.45, 2.75) is 83.1 Å². The minimum Gasteiger partial charge on any atom is -0.393 e. The van der Waals surface area contributed by atoms with Crippen LogP contribution in [0, 0.1) is 34.5 Å². The molecule has 4 saturated carbocycles. The lowest BCUT2D eigenvalue weighted by atomic mass is 9.44. The van der Waals surface area contributed by atoms with Gasteiger partial charge in [-0.1, -0.05) is 13.8 Å². The van der Waals surface area contributed by atoms with Crippen LogP contribution in [-0.2, 0) is 0 Å². The Bertz CT molecular complexity index is 485. The molecule has 0 aromatic carbocycles. The first-order valence-corrected chi connectivity index (χ1v) is 9.57. The molecule has 4 aliphatic carbocycles. The van der Waals surface area contributed by atoms with Crippen LogP contribution in [0.15, 0.2) is 0 Å². The van der Waals surface area contributed by atoms with Crippen molar-refractivity contribution in [3.8, 4) is 0 Å². The molecule has 0 radical (unpaired) electrons. The summed E-state index contributed by atoms with van der Waals surface area (Å²) in [5, 5.41) is 31.4. The average Bonchev–Trinajstić information content (AvgIpc) is 2.73. The van der Waals surface area contributed by atoms with Gasteiger partial charge in [0.15, 0.2) is 0 Å². The lowest BCUT2D eigenvalue weighted by molar-refractivity contribution is -0.169. The van der Waals surface area contributed by atoms with Gasteiger partial charge in [-0.25, -0.2) is 0 Å². The van der Waals surface area contributed by atoms with Gasteiger partial charge in [0.1, 0.15) is 0 Å². The molecule has 23 heavy (non-hydrogen) atoms. The van der Waals surface area contributed by atoms with E-state index < -0.39 is 6.10 Å². The zero-order valence-electron chi connectivity index (χ0n) is 14.5. The van der Waals surface area contributed by atoms with Gasteiger partial charge in [-0.15, -0.1) is 0 Å². The molecule has 4 heteroatoms. The third kappa shape index (κ3) is 2.11. The summed E-state index contributed by atoms with van der Waals surface area (Å²) in [6, 6.07) is -0.153. The topological polar surface area (TPSA) is 86.7 Å². The maximum absolute atomic E-state index is 11.0. The van der Waals surface area contributed by atoms with Crippen LogP contribution < -0.4 is 5.73 Å². The molecule has 4 rings (SSSR count). The lowest BCUT2D eigenvalue weighted by Gasteiger charge is -2.62. The molecule has 0 aromatic heterocycles. The van der Waals surface area contributed by atoms with Crippen LogP contribution >= 0.6 is 0 Å². The predicted molar refractivity (Wildman–Crippen MR) is 88.5 cm³/mol. The second kappa shape index (κ2) is 5.17. The van der Waals surface area contributed by atoms with Crippen molar-refractivity contribution in [1.82, 2.24) is 0 Å². The van der Waals surface area contributed by atoms with E-state index >= 15 is 0 Å². The summed E-state index contributed by atoms with van der Waals surface area (Å²) in [4.78, 5) is 0. The minimum atomic E-state index is -0.422. The molecule has 0 unspecified atom stereocenters. The third-order valence-corrected chi connectivity index (χ3v) is 8.76. The maximum atomic E-state index is 11.0. The van der Waals surface area contributed by atoms with E-state index in [9.17, 15) is 15.3 Å². The molecule has 4 fully saturated rings. The normalized spacial score (nSPS) is 62.3. The largest absolute Gasteiger partial charge is 0.393 e. The Hall–Kier alpha value is -0.160. The average molecular weight is 323 g/mol. The van der Waals surface area contributed by atoms with Gasteiger partial charge in [-0.3, -0.25) is 0 Å². The summed E-state index contributed by atoms with van der Waals surface area (Å²) < 4.78 is 0. The Morgan fingerprint density at radius 2 is 1.52 bits per heavy atom. The fourth-order valence-electron chi connectivity index (χ4n) is 7.26. The summed E-state index contributed by atoms with van der Waals surface area (Å²) in [5.74, 6) is 1.56. The van der Waals surface area contributed by atoms with E-state index in [1.807, 2.05) is 0 Å². The molecule has 0 aromatic rings. The summed E-state index contributed by atoms with van der Waals surface area (Å²) >= 11 is 0. The Balaban J connectivity index is 1.68. The highest BCUT2D eigenvalue weighted by molar-refractivity contribution is 5.14. The number of aliphatic hydroxyl groups is 3. The van der Waals surface area contributed by atoms with Crippen LogP contribution in [0.1, 0.15) is 58.8 Å². The van der Waals surface area contributed by atoms with Crippen LogP contribution in [0.4, 0.5) is 0 Å². The molecular weight excluding hydrogens is 290 g/mol. The fourth-order valence-corrected chi connectivity index (χ4v) is 7.26. The first-order valence-electron chi connectivity index (χ1n) is 9.57. The van der Waals surface area contributed by atoms with Crippen molar-refractivity contribution in [1.29, 1.82) is 0 Å². The van der Waals surface area contributed by atoms with Gasteiger partial charge in [0.2, 0.25) is 0 Å². The van der Waals surface area contributed by atoms with Crippen molar-refractivity contribution in [3.63, 3.8) is 0 Å². The number of hydrogen-bond donors (Lipinski definition) is 4. The van der Waals surface area contributed by atoms with Gasteiger partial charge in [-0.05, 0) is 79.4 Å². The Morgan fingerprint density at radius 3 is 2.26 bits per heavy atom. The second-order valence-electron chi connectivity index (χ2n) is 9.60. The van der Waals surface area contributed by atoms with Crippen LogP contribution in [0.3, 0.4) is 0 Å². The van der Waals surface area contributed by atoms with Crippen molar-refractivity contribution in [2.75, 3.05) is 0 Å². The van der Waals surface area contributed by atoms with E-state index in [2.05, 4.69) is 13.8 Å². The Labute approximate surface area is 139 Å². The molecule has 0 bridgehead atoms. The van der Waals surface area contributed by atoms with E-state index in [-0.39, 0.29) is 35.0 Å². The highest BCUT2D eigenvalue weighted by atomic mass is 16.3. The van der Waals surface area contributed by atoms with E-state index in [0.29, 0.717) is 17.8 Å². The Kier molecular flexibility index (Phi) is 3.67. The van der Waals surface area contributed by atoms with E-state index in [4.69, 9.17) is 5.73 Å². The molecule has 5 N–H and O–H groups in total. The van der Waals surface area contributed by atoms with Crippen LogP contribution in [0.2, 0.25) is 0 Å². The monoisotopic (exact) mass is 323 g/mol.